The largest absolute Gasteiger partial charge is 0.480 e. The number of hydrogen-bond donors (Lipinski definition) is 2. The maximum atomic E-state index is 11.4. The number of amides is 1. The summed E-state index contributed by atoms with van der Waals surface area (Å²) in [5.41, 5.74) is 1.48. The number of hydrogen-bond acceptors (Lipinski definition) is 6. The number of aromatic nitrogens is 1. The van der Waals surface area contributed by atoms with Crippen LogP contribution in [0.2, 0.25) is 10.0 Å². The second kappa shape index (κ2) is 11.7. The van der Waals surface area contributed by atoms with E-state index in [9.17, 15) is 9.59 Å². The van der Waals surface area contributed by atoms with E-state index in [0.29, 0.717) is 28.0 Å². The molecular weight excluding hydrogens is 443 g/mol. The van der Waals surface area contributed by atoms with Crippen molar-refractivity contribution in [3.63, 3.8) is 0 Å². The van der Waals surface area contributed by atoms with Gasteiger partial charge in [-0.15, -0.1) is 0 Å². The lowest BCUT2D eigenvalue weighted by Crippen LogP contribution is -2.44. The standard InChI is InChI=1S/C20H22Cl2N4O3.CH4O/c1-24(20-18(3-2-6-23-20)26(13-27)12-19(28)29)16-4-7-25(8-5-16)17-10-14(21)9-15(22)11-17;1-2/h2-3,6,9-11,13,16H,4-5,7-8,12H2,1H3,(H,28,29);2H,1H3. The molecule has 0 aliphatic carbocycles. The zero-order chi connectivity index (χ0) is 23.0. The summed E-state index contributed by atoms with van der Waals surface area (Å²) in [6.45, 7) is 1.23. The fraction of sp³-hybridized carbons (Fsp3) is 0.381. The molecule has 2 N–H and O–H groups in total. The fourth-order valence-corrected chi connectivity index (χ4v) is 4.13. The average Bonchev–Trinajstić information content (AvgIpc) is 2.77. The zero-order valence-electron chi connectivity index (χ0n) is 17.4. The Kier molecular flexibility index (Phi) is 9.36. The Morgan fingerprint density at radius 2 is 1.84 bits per heavy atom. The lowest BCUT2D eigenvalue weighted by Gasteiger charge is -2.39. The molecule has 1 fully saturated rings. The smallest absolute Gasteiger partial charge is 0.323 e. The summed E-state index contributed by atoms with van der Waals surface area (Å²) in [6.07, 6.45) is 3.91. The number of pyridine rings is 1. The minimum Gasteiger partial charge on any atom is -0.480 e. The van der Waals surface area contributed by atoms with Gasteiger partial charge >= 0.3 is 5.97 Å². The van der Waals surface area contributed by atoms with Gasteiger partial charge < -0.3 is 24.9 Å². The number of aliphatic hydroxyl groups is 1. The molecular formula is C21H26Cl2N4O4. The van der Waals surface area contributed by atoms with Crippen LogP contribution in [0.15, 0.2) is 36.5 Å². The number of piperidine rings is 1. The van der Waals surface area contributed by atoms with Crippen molar-refractivity contribution in [3.05, 3.63) is 46.6 Å². The minimum atomic E-state index is -1.08. The first kappa shape index (κ1) is 24.7. The molecule has 2 heterocycles. The number of benzene rings is 1. The van der Waals surface area contributed by atoms with Gasteiger partial charge in [-0.05, 0) is 43.2 Å². The fourth-order valence-electron chi connectivity index (χ4n) is 3.62. The van der Waals surface area contributed by atoms with E-state index >= 15 is 0 Å². The summed E-state index contributed by atoms with van der Waals surface area (Å²) in [5, 5.41) is 17.3. The molecule has 1 aromatic heterocycles. The zero-order valence-corrected chi connectivity index (χ0v) is 18.9. The van der Waals surface area contributed by atoms with Crippen LogP contribution in [-0.2, 0) is 9.59 Å². The van der Waals surface area contributed by atoms with E-state index in [2.05, 4.69) is 9.88 Å². The maximum Gasteiger partial charge on any atom is 0.323 e. The Hall–Kier alpha value is -2.55. The molecule has 3 rings (SSSR count). The van der Waals surface area contributed by atoms with Crippen molar-refractivity contribution in [3.8, 4) is 0 Å². The molecule has 0 unspecified atom stereocenters. The van der Waals surface area contributed by atoms with Gasteiger partial charge in [-0.25, -0.2) is 4.98 Å². The van der Waals surface area contributed by atoms with Crippen molar-refractivity contribution in [2.24, 2.45) is 0 Å². The van der Waals surface area contributed by atoms with E-state index in [4.69, 9.17) is 33.4 Å². The predicted octanol–water partition coefficient (Wildman–Crippen LogP) is 3.15. The molecule has 31 heavy (non-hydrogen) atoms. The highest BCUT2D eigenvalue weighted by Gasteiger charge is 2.26. The molecule has 1 aliphatic heterocycles. The molecule has 8 nitrogen and oxygen atoms in total. The molecule has 0 bridgehead atoms. The molecule has 0 atom stereocenters. The third-order valence-electron chi connectivity index (χ3n) is 5.07. The van der Waals surface area contributed by atoms with Crippen molar-refractivity contribution >= 4 is 52.8 Å². The first-order valence-electron chi connectivity index (χ1n) is 9.66. The van der Waals surface area contributed by atoms with E-state index in [1.165, 1.54) is 0 Å². The SMILES string of the molecule is CN(c1ncccc1N(C=O)CC(=O)O)C1CCN(c2cc(Cl)cc(Cl)c2)CC1.CO. The Morgan fingerprint density at radius 1 is 1.23 bits per heavy atom. The first-order valence-corrected chi connectivity index (χ1v) is 10.4. The topological polar surface area (TPSA) is 97.2 Å². The van der Waals surface area contributed by atoms with E-state index in [-0.39, 0.29) is 6.04 Å². The number of carboxylic acid groups (broad SMARTS) is 1. The van der Waals surface area contributed by atoms with Crippen LogP contribution in [-0.4, -0.2) is 67.4 Å². The van der Waals surface area contributed by atoms with Gasteiger partial charge in [-0.1, -0.05) is 23.2 Å². The van der Waals surface area contributed by atoms with Crippen LogP contribution < -0.4 is 14.7 Å². The summed E-state index contributed by atoms with van der Waals surface area (Å²) in [4.78, 5) is 32.4. The third kappa shape index (κ3) is 6.46. The number of carbonyl (C=O) groups excluding carboxylic acids is 1. The third-order valence-corrected chi connectivity index (χ3v) is 5.50. The Morgan fingerprint density at radius 3 is 2.39 bits per heavy atom. The van der Waals surface area contributed by atoms with Gasteiger partial charge in [0, 0.05) is 55.2 Å². The average molecular weight is 469 g/mol. The normalized spacial score (nSPS) is 13.8. The van der Waals surface area contributed by atoms with Crippen LogP contribution in [0, 0.1) is 0 Å². The summed E-state index contributed by atoms with van der Waals surface area (Å²) >= 11 is 12.2. The van der Waals surface area contributed by atoms with Gasteiger partial charge in [0.2, 0.25) is 6.41 Å². The first-order chi connectivity index (χ1) is 14.9. The Labute approximate surface area is 191 Å². The lowest BCUT2D eigenvalue weighted by molar-refractivity contribution is -0.136. The van der Waals surface area contributed by atoms with Gasteiger partial charge in [0.25, 0.3) is 0 Å². The van der Waals surface area contributed by atoms with Crippen LogP contribution in [0.3, 0.4) is 0 Å². The summed E-state index contributed by atoms with van der Waals surface area (Å²) in [7, 11) is 2.92. The predicted molar refractivity (Wildman–Crippen MR) is 124 cm³/mol. The van der Waals surface area contributed by atoms with Gasteiger partial charge in [-0.3, -0.25) is 9.59 Å². The molecule has 0 spiro atoms. The van der Waals surface area contributed by atoms with Gasteiger partial charge in [0.15, 0.2) is 5.82 Å². The highest BCUT2D eigenvalue weighted by Crippen LogP contribution is 2.32. The monoisotopic (exact) mass is 468 g/mol. The minimum absolute atomic E-state index is 0.202. The number of anilines is 3. The van der Waals surface area contributed by atoms with Crippen LogP contribution in [0.4, 0.5) is 17.2 Å². The number of carbonyl (C=O) groups is 2. The number of carboxylic acids is 1. The van der Waals surface area contributed by atoms with Crippen molar-refractivity contribution in [2.75, 3.05) is 48.5 Å². The number of nitrogens with zero attached hydrogens (tertiary/aromatic N) is 4. The second-order valence-electron chi connectivity index (χ2n) is 6.93. The summed E-state index contributed by atoms with van der Waals surface area (Å²) in [5.74, 6) is -0.492. The van der Waals surface area contributed by atoms with E-state index in [1.54, 1.807) is 24.4 Å². The van der Waals surface area contributed by atoms with Gasteiger partial charge in [0.05, 0.1) is 5.69 Å². The quantitative estimate of drug-likeness (QED) is 0.602. The van der Waals surface area contributed by atoms with Crippen LogP contribution >= 0.6 is 23.2 Å². The van der Waals surface area contributed by atoms with Gasteiger partial charge in [0.1, 0.15) is 6.54 Å². The molecule has 0 radical (unpaired) electrons. The van der Waals surface area contributed by atoms with Crippen molar-refractivity contribution in [2.45, 2.75) is 18.9 Å². The summed E-state index contributed by atoms with van der Waals surface area (Å²) in [6, 6.07) is 9.12. The summed E-state index contributed by atoms with van der Waals surface area (Å²) < 4.78 is 0. The number of aliphatic hydroxyl groups excluding tert-OH is 1. The van der Waals surface area contributed by atoms with Gasteiger partial charge in [-0.2, -0.15) is 0 Å². The Balaban J connectivity index is 0.00000166. The molecule has 1 saturated heterocycles. The molecule has 1 aliphatic rings. The number of halogens is 2. The molecule has 0 saturated carbocycles. The van der Waals surface area contributed by atoms with Crippen LogP contribution in [0.1, 0.15) is 12.8 Å². The molecule has 168 valence electrons. The molecule has 10 heteroatoms. The molecule has 1 aromatic carbocycles. The van der Waals surface area contributed by atoms with E-state index in [0.717, 1.165) is 43.6 Å². The van der Waals surface area contributed by atoms with Crippen LogP contribution in [0.5, 0.6) is 0 Å². The molecule has 1 amide bonds. The Bertz CT molecular complexity index is 871. The van der Waals surface area contributed by atoms with Crippen molar-refractivity contribution in [1.82, 2.24) is 4.98 Å². The second-order valence-corrected chi connectivity index (χ2v) is 7.80. The highest BCUT2D eigenvalue weighted by atomic mass is 35.5. The number of rotatable bonds is 7. The van der Waals surface area contributed by atoms with E-state index in [1.807, 2.05) is 24.1 Å². The van der Waals surface area contributed by atoms with Crippen molar-refractivity contribution in [1.29, 1.82) is 0 Å². The number of aliphatic carboxylic acids is 1. The maximum absolute atomic E-state index is 11.4. The van der Waals surface area contributed by atoms with E-state index < -0.39 is 12.5 Å². The van der Waals surface area contributed by atoms with Crippen LogP contribution in [0.25, 0.3) is 0 Å². The lowest BCUT2D eigenvalue weighted by atomic mass is 10.0. The van der Waals surface area contributed by atoms with Crippen molar-refractivity contribution < 1.29 is 19.8 Å². The highest BCUT2D eigenvalue weighted by molar-refractivity contribution is 6.35. The molecule has 2 aromatic rings.